The third-order valence-corrected chi connectivity index (χ3v) is 5.67. The highest BCUT2D eigenvalue weighted by Crippen LogP contribution is 2.23. The lowest BCUT2D eigenvalue weighted by Gasteiger charge is -2.38. The largest absolute Gasteiger partial charge is 0.392 e. The van der Waals surface area contributed by atoms with Crippen molar-refractivity contribution in [3.63, 3.8) is 0 Å². The highest BCUT2D eigenvalue weighted by molar-refractivity contribution is 8.00. The maximum Gasteiger partial charge on any atom is 0.164 e. The van der Waals surface area contributed by atoms with Gasteiger partial charge in [-0.2, -0.15) is 11.8 Å². The van der Waals surface area contributed by atoms with Gasteiger partial charge in [-0.3, -0.25) is 4.90 Å². The Hall–Kier alpha value is 0.150. The van der Waals surface area contributed by atoms with E-state index < -0.39 is 15.2 Å². The maximum atomic E-state index is 11.7. The molecular formula is C9H18N2O2S3. The minimum Gasteiger partial charge on any atom is -0.392 e. The number of thioether (sulfide) groups is 1. The number of thiocarbonyl (C=S) groups is 1. The topological polar surface area (TPSA) is 63.4 Å². The molecule has 1 aliphatic rings. The maximum absolute atomic E-state index is 11.7. The number of hydrogen-bond acceptors (Lipinski definition) is 5. The summed E-state index contributed by atoms with van der Waals surface area (Å²) in [6.45, 7) is 2.71. The van der Waals surface area contributed by atoms with E-state index in [-0.39, 0.29) is 6.04 Å². The van der Waals surface area contributed by atoms with Gasteiger partial charge in [-0.25, -0.2) is 8.42 Å². The molecule has 1 saturated heterocycles. The van der Waals surface area contributed by atoms with Gasteiger partial charge in [0, 0.05) is 24.3 Å². The zero-order valence-electron chi connectivity index (χ0n) is 9.55. The summed E-state index contributed by atoms with van der Waals surface area (Å²) in [7, 11) is -3.07. The van der Waals surface area contributed by atoms with Crippen LogP contribution in [0.1, 0.15) is 13.3 Å². The first-order valence-corrected chi connectivity index (χ1v) is 8.71. The van der Waals surface area contributed by atoms with Crippen LogP contribution in [0.2, 0.25) is 0 Å². The third-order valence-electron chi connectivity index (χ3n) is 2.73. The highest BCUT2D eigenvalue weighted by atomic mass is 32.2. The first-order valence-electron chi connectivity index (χ1n) is 5.19. The van der Waals surface area contributed by atoms with Gasteiger partial charge in [-0.15, -0.1) is 0 Å². The molecule has 1 fully saturated rings. The van der Waals surface area contributed by atoms with Crippen LogP contribution in [-0.4, -0.2) is 54.0 Å². The lowest BCUT2D eigenvalue weighted by Crippen LogP contribution is -2.55. The zero-order chi connectivity index (χ0) is 12.3. The summed E-state index contributed by atoms with van der Waals surface area (Å²) in [5.74, 6) is 1.54. The van der Waals surface area contributed by atoms with Crippen LogP contribution in [0.5, 0.6) is 0 Å². The molecule has 0 amide bonds. The van der Waals surface area contributed by atoms with Gasteiger partial charge in [0.15, 0.2) is 9.84 Å². The molecule has 7 heteroatoms. The van der Waals surface area contributed by atoms with E-state index in [1.165, 1.54) is 6.26 Å². The molecule has 0 aromatic heterocycles. The lowest BCUT2D eigenvalue weighted by atomic mass is 10.2. The summed E-state index contributed by atoms with van der Waals surface area (Å²) in [5.41, 5.74) is 5.67. The Morgan fingerprint density at radius 1 is 1.69 bits per heavy atom. The predicted octanol–water partition coefficient (Wildman–Crippen LogP) is 0.471. The van der Waals surface area contributed by atoms with Crippen LogP contribution >= 0.6 is 24.0 Å². The average molecular weight is 282 g/mol. The average Bonchev–Trinajstić information content (AvgIpc) is 2.17. The van der Waals surface area contributed by atoms with E-state index in [9.17, 15) is 8.42 Å². The van der Waals surface area contributed by atoms with Crippen molar-refractivity contribution in [1.29, 1.82) is 0 Å². The van der Waals surface area contributed by atoms with E-state index in [1.807, 2.05) is 11.8 Å². The van der Waals surface area contributed by atoms with Gasteiger partial charge >= 0.3 is 0 Å². The number of rotatable bonds is 4. The third kappa shape index (κ3) is 3.32. The highest BCUT2D eigenvalue weighted by Gasteiger charge is 2.35. The quantitative estimate of drug-likeness (QED) is 0.756. The Labute approximate surface area is 107 Å². The van der Waals surface area contributed by atoms with E-state index >= 15 is 0 Å². The molecule has 2 atom stereocenters. The number of hydrogen-bond donors (Lipinski definition) is 1. The molecule has 0 radical (unpaired) electrons. The van der Waals surface area contributed by atoms with E-state index in [2.05, 4.69) is 0 Å². The SMILES string of the molecule is CCC(C(N)=S)N1CCSCC1S(C)(=O)=O. The molecule has 94 valence electrons. The standard InChI is InChI=1S/C9H18N2O2S3/c1-3-7(9(10)14)11-4-5-15-6-8(11)16(2,12)13/h7-8H,3-6H2,1-2H3,(H2,10,14). The predicted molar refractivity (Wildman–Crippen MR) is 73.5 cm³/mol. The van der Waals surface area contributed by atoms with E-state index in [0.29, 0.717) is 10.7 Å². The van der Waals surface area contributed by atoms with Crippen LogP contribution in [0.25, 0.3) is 0 Å². The van der Waals surface area contributed by atoms with Gasteiger partial charge < -0.3 is 5.73 Å². The van der Waals surface area contributed by atoms with Crippen LogP contribution < -0.4 is 5.73 Å². The zero-order valence-corrected chi connectivity index (χ0v) is 12.0. The van der Waals surface area contributed by atoms with Crippen molar-refractivity contribution in [2.75, 3.05) is 24.3 Å². The molecule has 0 aromatic rings. The normalized spacial score (nSPS) is 25.2. The Morgan fingerprint density at radius 2 is 2.31 bits per heavy atom. The second-order valence-corrected chi connectivity index (χ2v) is 7.75. The number of nitrogens with two attached hydrogens (primary N) is 1. The fourth-order valence-corrected chi connectivity index (χ4v) is 5.14. The molecule has 16 heavy (non-hydrogen) atoms. The summed E-state index contributed by atoms with van der Waals surface area (Å²) >= 11 is 6.68. The van der Waals surface area contributed by atoms with Crippen LogP contribution in [0.4, 0.5) is 0 Å². The van der Waals surface area contributed by atoms with Gasteiger partial charge in [0.2, 0.25) is 0 Å². The number of sulfone groups is 1. The molecule has 0 aliphatic carbocycles. The monoisotopic (exact) mass is 282 g/mol. The molecule has 2 N–H and O–H groups in total. The lowest BCUT2D eigenvalue weighted by molar-refractivity contribution is 0.234. The molecular weight excluding hydrogens is 264 g/mol. The van der Waals surface area contributed by atoms with Gasteiger partial charge in [0.1, 0.15) is 5.37 Å². The van der Waals surface area contributed by atoms with Gasteiger partial charge in [0.05, 0.1) is 11.0 Å². The fraction of sp³-hybridized carbons (Fsp3) is 0.889. The minimum atomic E-state index is -3.07. The Bertz CT molecular complexity index is 356. The van der Waals surface area contributed by atoms with E-state index in [4.69, 9.17) is 18.0 Å². The Morgan fingerprint density at radius 3 is 2.75 bits per heavy atom. The van der Waals surface area contributed by atoms with Crippen LogP contribution in [0.3, 0.4) is 0 Å². The molecule has 1 aliphatic heterocycles. The van der Waals surface area contributed by atoms with Crippen molar-refractivity contribution < 1.29 is 8.42 Å². The molecule has 0 saturated carbocycles. The van der Waals surface area contributed by atoms with Crippen LogP contribution in [0.15, 0.2) is 0 Å². The van der Waals surface area contributed by atoms with E-state index in [1.54, 1.807) is 11.8 Å². The van der Waals surface area contributed by atoms with Crippen LogP contribution in [-0.2, 0) is 9.84 Å². The summed E-state index contributed by atoms with van der Waals surface area (Å²) < 4.78 is 23.4. The van der Waals surface area contributed by atoms with Gasteiger partial charge in [-0.05, 0) is 6.42 Å². The van der Waals surface area contributed by atoms with E-state index in [0.717, 1.165) is 18.7 Å². The molecule has 1 heterocycles. The molecule has 0 spiro atoms. The van der Waals surface area contributed by atoms with Crippen molar-refractivity contribution in [2.24, 2.45) is 5.73 Å². The number of nitrogens with zero attached hydrogens (tertiary/aromatic N) is 1. The first kappa shape index (κ1) is 14.2. The second-order valence-electron chi connectivity index (χ2n) is 3.92. The van der Waals surface area contributed by atoms with Crippen molar-refractivity contribution in [1.82, 2.24) is 4.90 Å². The van der Waals surface area contributed by atoms with Crippen molar-refractivity contribution in [2.45, 2.75) is 24.8 Å². The molecule has 0 aromatic carbocycles. The summed E-state index contributed by atoms with van der Waals surface area (Å²) in [6, 6.07) is -0.101. The molecule has 0 bridgehead atoms. The molecule has 4 nitrogen and oxygen atoms in total. The molecule has 1 rings (SSSR count). The van der Waals surface area contributed by atoms with Gasteiger partial charge in [0.25, 0.3) is 0 Å². The fourth-order valence-electron chi connectivity index (χ4n) is 1.92. The Balaban J connectivity index is 2.93. The second kappa shape index (κ2) is 5.66. The van der Waals surface area contributed by atoms with Crippen molar-refractivity contribution >= 4 is 38.8 Å². The van der Waals surface area contributed by atoms with Crippen molar-refractivity contribution in [3.05, 3.63) is 0 Å². The molecule has 2 unspecified atom stereocenters. The minimum absolute atomic E-state index is 0.101. The van der Waals surface area contributed by atoms with Gasteiger partial charge in [-0.1, -0.05) is 19.1 Å². The summed E-state index contributed by atoms with van der Waals surface area (Å²) in [5, 5.41) is -0.447. The van der Waals surface area contributed by atoms with Crippen LogP contribution in [0, 0.1) is 0 Å². The smallest absolute Gasteiger partial charge is 0.164 e. The van der Waals surface area contributed by atoms with Crippen molar-refractivity contribution in [3.8, 4) is 0 Å². The summed E-state index contributed by atoms with van der Waals surface area (Å²) in [6.07, 6.45) is 2.04. The first-order chi connectivity index (χ1) is 7.38. The Kier molecular flexibility index (Phi) is 5.03. The summed E-state index contributed by atoms with van der Waals surface area (Å²) in [4.78, 5) is 2.33.